The molecule has 4 aromatic heterocycles. The van der Waals surface area contributed by atoms with Crippen LogP contribution >= 0.6 is 0 Å². The molecule has 0 bridgehead atoms. The van der Waals surface area contributed by atoms with Crippen molar-refractivity contribution in [2.75, 3.05) is 50.6 Å². The summed E-state index contributed by atoms with van der Waals surface area (Å²) in [6, 6.07) is 7.97. The molecule has 0 atom stereocenters. The molecule has 1 aliphatic rings. The first-order valence-corrected chi connectivity index (χ1v) is 13.7. The minimum absolute atomic E-state index is 0.0121. The van der Waals surface area contributed by atoms with E-state index in [-0.39, 0.29) is 11.4 Å². The van der Waals surface area contributed by atoms with Gasteiger partial charge in [-0.25, -0.2) is 9.97 Å². The van der Waals surface area contributed by atoms with Gasteiger partial charge in [-0.1, -0.05) is 6.07 Å². The number of nitrogens with one attached hydrogen (secondary N) is 2. The number of amides is 1. The van der Waals surface area contributed by atoms with E-state index in [2.05, 4.69) is 65.3 Å². The van der Waals surface area contributed by atoms with E-state index in [4.69, 9.17) is 9.72 Å². The lowest BCUT2D eigenvalue weighted by atomic mass is 10.1. The van der Waals surface area contributed by atoms with Crippen molar-refractivity contribution in [3.63, 3.8) is 0 Å². The predicted octanol–water partition coefficient (Wildman–Crippen LogP) is 4.27. The Morgan fingerprint density at radius 1 is 1.12 bits per heavy atom. The molecule has 40 heavy (non-hydrogen) atoms. The number of carbonyl (C=O) groups excluding carboxylic acids is 1. The van der Waals surface area contributed by atoms with Crippen LogP contribution < -0.4 is 15.5 Å². The fourth-order valence-corrected chi connectivity index (χ4v) is 4.76. The van der Waals surface area contributed by atoms with Gasteiger partial charge < -0.3 is 25.2 Å². The molecule has 0 aromatic carbocycles. The summed E-state index contributed by atoms with van der Waals surface area (Å²) >= 11 is 0. The molecule has 0 aliphatic carbocycles. The van der Waals surface area contributed by atoms with Crippen molar-refractivity contribution in [1.29, 1.82) is 0 Å². The third kappa shape index (κ3) is 5.37. The van der Waals surface area contributed by atoms with E-state index < -0.39 is 0 Å². The Kier molecular flexibility index (Phi) is 7.73. The number of nitrogens with zero attached hydrogens (tertiary/aromatic N) is 6. The van der Waals surface area contributed by atoms with Crippen molar-refractivity contribution in [2.45, 2.75) is 39.8 Å². The number of carbonyl (C=O) groups is 1. The molecule has 0 unspecified atom stereocenters. The van der Waals surface area contributed by atoms with E-state index in [1.807, 2.05) is 54.2 Å². The lowest BCUT2D eigenvalue weighted by molar-refractivity contribution is 0.0394. The van der Waals surface area contributed by atoms with Gasteiger partial charge in [0.05, 0.1) is 60.1 Å². The minimum atomic E-state index is -0.127. The molecular formula is C30H38N8O2. The van der Waals surface area contributed by atoms with Crippen LogP contribution in [0.5, 0.6) is 0 Å². The van der Waals surface area contributed by atoms with Crippen molar-refractivity contribution < 1.29 is 9.53 Å². The number of hydrogen-bond acceptors (Lipinski definition) is 8. The first-order valence-electron chi connectivity index (χ1n) is 13.7. The van der Waals surface area contributed by atoms with Crippen LogP contribution in [0.15, 0.2) is 49.1 Å². The SMILES string of the molecule is CCN(CCOCC(C)(C)N(C)C)c1ccc(Nc2cnc(-c3cnc4c(C)cccn34)c3c2C(=O)NC3)nc1. The van der Waals surface area contributed by atoms with Crippen molar-refractivity contribution in [3.8, 4) is 11.4 Å². The van der Waals surface area contributed by atoms with E-state index in [1.54, 1.807) is 6.20 Å². The second-order valence-corrected chi connectivity index (χ2v) is 11.0. The highest BCUT2D eigenvalue weighted by molar-refractivity contribution is 6.05. The Hall–Kier alpha value is -4.02. The molecule has 0 radical (unpaired) electrons. The zero-order valence-corrected chi connectivity index (χ0v) is 24.2. The fraction of sp³-hybridized carbons (Fsp3) is 0.400. The summed E-state index contributed by atoms with van der Waals surface area (Å²) in [4.78, 5) is 31.3. The number of fused-ring (bicyclic) bond motifs is 2. The molecule has 0 spiro atoms. The van der Waals surface area contributed by atoms with Crippen molar-refractivity contribution in [3.05, 3.63) is 65.7 Å². The first-order chi connectivity index (χ1) is 19.2. The van der Waals surface area contributed by atoms with E-state index in [0.717, 1.165) is 46.9 Å². The summed E-state index contributed by atoms with van der Waals surface area (Å²) in [7, 11) is 4.13. The zero-order valence-electron chi connectivity index (χ0n) is 24.2. The molecule has 2 N–H and O–H groups in total. The summed E-state index contributed by atoms with van der Waals surface area (Å²) in [5, 5.41) is 6.27. The number of hydrogen-bond donors (Lipinski definition) is 2. The van der Waals surface area contributed by atoms with Gasteiger partial charge in [-0.15, -0.1) is 0 Å². The Bertz CT molecular complexity index is 1510. The van der Waals surface area contributed by atoms with Crippen LogP contribution in [0.3, 0.4) is 0 Å². The van der Waals surface area contributed by atoms with Gasteiger partial charge in [-0.2, -0.15) is 0 Å². The van der Waals surface area contributed by atoms with E-state index in [0.29, 0.717) is 36.8 Å². The number of rotatable bonds is 11. The quantitative estimate of drug-likeness (QED) is 0.271. The standard InChI is InChI=1S/C30H38N8O2/c1-7-37(13-14-40-19-30(3,4)36(5)6)21-10-11-25(31-15-21)35-23-17-32-27(22-16-34-29(39)26(22)23)24-18-33-28-20(2)9-8-12-38(24)28/h8-12,15,17-18H,7,13-14,16,19H2,1-6H3,(H,31,35)(H,34,39). The molecule has 5 rings (SSSR count). The molecule has 1 amide bonds. The third-order valence-corrected chi connectivity index (χ3v) is 7.73. The Morgan fingerprint density at radius 2 is 1.95 bits per heavy atom. The van der Waals surface area contributed by atoms with Crippen LogP contribution in [0, 0.1) is 6.92 Å². The molecular weight excluding hydrogens is 504 g/mol. The number of aromatic nitrogens is 4. The Morgan fingerprint density at radius 3 is 2.67 bits per heavy atom. The number of pyridine rings is 3. The highest BCUT2D eigenvalue weighted by Gasteiger charge is 2.28. The maximum Gasteiger partial charge on any atom is 0.254 e. The van der Waals surface area contributed by atoms with Crippen LogP contribution in [-0.4, -0.2) is 76.1 Å². The van der Waals surface area contributed by atoms with Crippen molar-refractivity contribution >= 4 is 28.7 Å². The largest absolute Gasteiger partial charge is 0.378 e. The second kappa shape index (κ2) is 11.2. The van der Waals surface area contributed by atoms with E-state index in [9.17, 15) is 4.79 Å². The summed E-state index contributed by atoms with van der Waals surface area (Å²) in [5.74, 6) is 0.517. The van der Waals surface area contributed by atoms with Crippen LogP contribution in [0.2, 0.25) is 0 Å². The fourth-order valence-electron chi connectivity index (χ4n) is 4.76. The van der Waals surface area contributed by atoms with E-state index in [1.165, 1.54) is 0 Å². The molecule has 210 valence electrons. The summed E-state index contributed by atoms with van der Waals surface area (Å²) in [6.07, 6.45) is 7.33. The van der Waals surface area contributed by atoms with Gasteiger partial charge in [0, 0.05) is 36.9 Å². The van der Waals surface area contributed by atoms with Gasteiger partial charge in [-0.3, -0.25) is 14.2 Å². The number of ether oxygens (including phenoxy) is 1. The number of likely N-dealkylation sites (N-methyl/N-ethyl adjacent to an activating group) is 2. The van der Waals surface area contributed by atoms with Crippen LogP contribution in [0.1, 0.15) is 42.3 Å². The summed E-state index contributed by atoms with van der Waals surface area (Å²) in [5.41, 5.74) is 6.63. The molecule has 0 fully saturated rings. The number of aryl methyl sites for hydroxylation is 1. The van der Waals surface area contributed by atoms with Gasteiger partial charge in [0.1, 0.15) is 11.5 Å². The highest BCUT2D eigenvalue weighted by Crippen LogP contribution is 2.34. The molecule has 0 saturated heterocycles. The molecule has 10 nitrogen and oxygen atoms in total. The number of imidazole rings is 1. The average Bonchev–Trinajstić information content (AvgIpc) is 3.55. The Balaban J connectivity index is 1.31. The molecule has 0 saturated carbocycles. The van der Waals surface area contributed by atoms with Gasteiger partial charge >= 0.3 is 0 Å². The zero-order chi connectivity index (χ0) is 28.4. The van der Waals surface area contributed by atoms with Gasteiger partial charge in [0.15, 0.2) is 0 Å². The molecule has 4 aromatic rings. The highest BCUT2D eigenvalue weighted by atomic mass is 16.5. The second-order valence-electron chi connectivity index (χ2n) is 11.0. The molecule has 1 aliphatic heterocycles. The maximum absolute atomic E-state index is 12.9. The van der Waals surface area contributed by atoms with Crippen molar-refractivity contribution in [2.24, 2.45) is 0 Å². The average molecular weight is 543 g/mol. The van der Waals surface area contributed by atoms with Crippen molar-refractivity contribution in [1.82, 2.24) is 29.6 Å². The van der Waals surface area contributed by atoms with E-state index >= 15 is 0 Å². The lowest BCUT2D eigenvalue weighted by Gasteiger charge is -2.32. The van der Waals surface area contributed by atoms with Crippen LogP contribution in [0.4, 0.5) is 17.2 Å². The first kappa shape index (κ1) is 27.5. The van der Waals surface area contributed by atoms with Crippen LogP contribution in [0.25, 0.3) is 17.0 Å². The monoisotopic (exact) mass is 542 g/mol. The Labute approximate surface area is 235 Å². The topological polar surface area (TPSA) is 99.9 Å². The normalized spacial score (nSPS) is 13.1. The number of anilines is 3. The lowest BCUT2D eigenvalue weighted by Crippen LogP contribution is -2.43. The molecule has 5 heterocycles. The maximum atomic E-state index is 12.9. The summed E-state index contributed by atoms with van der Waals surface area (Å²) in [6.45, 7) is 11.8. The van der Waals surface area contributed by atoms with Gasteiger partial charge in [-0.05, 0) is 65.6 Å². The van der Waals surface area contributed by atoms with Gasteiger partial charge in [0.25, 0.3) is 5.91 Å². The predicted molar refractivity (Wildman–Crippen MR) is 158 cm³/mol. The van der Waals surface area contributed by atoms with Crippen LogP contribution in [-0.2, 0) is 11.3 Å². The minimum Gasteiger partial charge on any atom is -0.378 e. The third-order valence-electron chi connectivity index (χ3n) is 7.73. The molecule has 10 heteroatoms. The smallest absolute Gasteiger partial charge is 0.254 e. The van der Waals surface area contributed by atoms with Gasteiger partial charge in [0.2, 0.25) is 0 Å². The summed E-state index contributed by atoms with van der Waals surface area (Å²) < 4.78 is 7.98.